The molecule has 0 amide bonds. The number of ether oxygens (including phenoxy) is 2. The van der Waals surface area contributed by atoms with Gasteiger partial charge in [0.1, 0.15) is 11.8 Å². The maximum atomic E-state index is 8.96. The molecule has 0 saturated carbocycles. The van der Waals surface area contributed by atoms with Gasteiger partial charge in [-0.1, -0.05) is 12.1 Å². The Bertz CT molecular complexity index is 647. The van der Waals surface area contributed by atoms with Crippen LogP contribution in [-0.4, -0.2) is 7.11 Å². The fourth-order valence-electron chi connectivity index (χ4n) is 1.68. The Labute approximate surface area is 120 Å². The van der Waals surface area contributed by atoms with E-state index >= 15 is 0 Å². The molecule has 96 valence electrons. The summed E-state index contributed by atoms with van der Waals surface area (Å²) in [5, 5.41) is 8.96. The second-order valence-corrected chi connectivity index (χ2v) is 4.82. The normalized spacial score (nSPS) is 9.79. The molecule has 2 aromatic carbocycles. The number of hydrogen-bond acceptors (Lipinski definition) is 3. The zero-order valence-corrected chi connectivity index (χ0v) is 12.2. The van der Waals surface area contributed by atoms with Crippen LogP contribution in [0.2, 0.25) is 0 Å². The molecule has 0 fully saturated rings. The Hall–Kier alpha value is -1.99. The van der Waals surface area contributed by atoms with Crippen molar-refractivity contribution >= 4 is 15.9 Å². The summed E-state index contributed by atoms with van der Waals surface area (Å²) < 4.78 is 11.8. The lowest BCUT2D eigenvalue weighted by atomic mass is 10.1. The highest BCUT2D eigenvalue weighted by Gasteiger charge is 2.09. The lowest BCUT2D eigenvalue weighted by Gasteiger charge is -2.12. The van der Waals surface area contributed by atoms with Crippen molar-refractivity contribution in [3.63, 3.8) is 0 Å². The molecule has 0 atom stereocenters. The molecule has 0 N–H and O–H groups in total. The summed E-state index contributed by atoms with van der Waals surface area (Å²) in [6.45, 7) is 1.90. The number of benzene rings is 2. The van der Waals surface area contributed by atoms with E-state index in [1.807, 2.05) is 31.2 Å². The summed E-state index contributed by atoms with van der Waals surface area (Å²) in [6.07, 6.45) is 0. The van der Waals surface area contributed by atoms with Crippen LogP contribution in [0.3, 0.4) is 0 Å². The molecule has 0 aliphatic rings. The average molecular weight is 318 g/mol. The quantitative estimate of drug-likeness (QED) is 0.841. The first-order valence-electron chi connectivity index (χ1n) is 5.67. The second-order valence-electron chi connectivity index (χ2n) is 3.96. The first-order valence-corrected chi connectivity index (χ1v) is 6.46. The fourth-order valence-corrected chi connectivity index (χ4v) is 2.09. The van der Waals surface area contributed by atoms with Gasteiger partial charge in [0.25, 0.3) is 0 Å². The van der Waals surface area contributed by atoms with Gasteiger partial charge >= 0.3 is 0 Å². The number of rotatable bonds is 3. The van der Waals surface area contributed by atoms with Crippen molar-refractivity contribution in [3.8, 4) is 23.3 Å². The van der Waals surface area contributed by atoms with E-state index in [-0.39, 0.29) is 0 Å². The number of halogens is 1. The smallest absolute Gasteiger partial charge is 0.169 e. The highest BCUT2D eigenvalue weighted by atomic mass is 79.9. The Morgan fingerprint density at radius 2 is 1.79 bits per heavy atom. The first kappa shape index (κ1) is 13.4. The van der Waals surface area contributed by atoms with E-state index in [1.165, 1.54) is 0 Å². The van der Waals surface area contributed by atoms with E-state index in [0.29, 0.717) is 27.3 Å². The van der Waals surface area contributed by atoms with Gasteiger partial charge in [-0.25, -0.2) is 0 Å². The number of methoxy groups -OCH3 is 1. The maximum Gasteiger partial charge on any atom is 0.169 e. The van der Waals surface area contributed by atoms with E-state index < -0.39 is 0 Å². The molecule has 2 rings (SSSR count). The SMILES string of the molecule is COc1ccccc1Oc1cc(Br)c(C#N)cc1C. The Balaban J connectivity index is 2.39. The molecule has 0 aliphatic heterocycles. The van der Waals surface area contributed by atoms with E-state index in [2.05, 4.69) is 22.0 Å². The molecule has 0 aromatic heterocycles. The summed E-state index contributed by atoms with van der Waals surface area (Å²) in [7, 11) is 1.60. The second kappa shape index (κ2) is 5.77. The van der Waals surface area contributed by atoms with Crippen molar-refractivity contribution in [3.05, 3.63) is 52.0 Å². The number of nitrogens with zero attached hydrogens (tertiary/aromatic N) is 1. The summed E-state index contributed by atoms with van der Waals surface area (Å²) >= 11 is 3.36. The van der Waals surface area contributed by atoms with Crippen LogP contribution in [0.5, 0.6) is 17.2 Å². The van der Waals surface area contributed by atoms with Crippen molar-refractivity contribution < 1.29 is 9.47 Å². The van der Waals surface area contributed by atoms with Gasteiger partial charge in [0.15, 0.2) is 11.5 Å². The zero-order valence-electron chi connectivity index (χ0n) is 10.6. The minimum Gasteiger partial charge on any atom is -0.493 e. The van der Waals surface area contributed by atoms with E-state index in [9.17, 15) is 0 Å². The Morgan fingerprint density at radius 3 is 2.42 bits per heavy atom. The van der Waals surface area contributed by atoms with Crippen LogP contribution in [-0.2, 0) is 0 Å². The molecule has 0 aliphatic carbocycles. The van der Waals surface area contributed by atoms with Gasteiger partial charge in [-0.15, -0.1) is 0 Å². The third kappa shape index (κ3) is 2.88. The molecule has 0 radical (unpaired) electrons. The first-order chi connectivity index (χ1) is 9.15. The monoisotopic (exact) mass is 317 g/mol. The topological polar surface area (TPSA) is 42.2 Å². The van der Waals surface area contributed by atoms with Gasteiger partial charge in [0.2, 0.25) is 0 Å². The third-order valence-electron chi connectivity index (χ3n) is 2.67. The van der Waals surface area contributed by atoms with Crippen LogP contribution in [0, 0.1) is 18.3 Å². The molecular weight excluding hydrogens is 306 g/mol. The minimum atomic E-state index is 0.588. The van der Waals surface area contributed by atoms with Crippen LogP contribution in [0.25, 0.3) is 0 Å². The summed E-state index contributed by atoms with van der Waals surface area (Å²) in [6, 6.07) is 13.1. The zero-order chi connectivity index (χ0) is 13.8. The molecule has 0 saturated heterocycles. The van der Waals surface area contributed by atoms with Crippen molar-refractivity contribution in [2.45, 2.75) is 6.92 Å². The minimum absolute atomic E-state index is 0.588. The van der Waals surface area contributed by atoms with Gasteiger partial charge in [0, 0.05) is 4.47 Å². The molecule has 4 heteroatoms. The number of nitriles is 1. The lowest BCUT2D eigenvalue weighted by Crippen LogP contribution is -1.93. The van der Waals surface area contributed by atoms with Gasteiger partial charge in [0.05, 0.1) is 12.7 Å². The molecule has 3 nitrogen and oxygen atoms in total. The molecule has 0 bridgehead atoms. The van der Waals surface area contributed by atoms with Crippen molar-refractivity contribution in [1.29, 1.82) is 5.26 Å². The van der Waals surface area contributed by atoms with E-state index in [4.69, 9.17) is 14.7 Å². The summed E-state index contributed by atoms with van der Waals surface area (Å²) in [4.78, 5) is 0. The van der Waals surface area contributed by atoms with E-state index in [0.717, 1.165) is 5.56 Å². The van der Waals surface area contributed by atoms with Crippen LogP contribution in [0.15, 0.2) is 40.9 Å². The van der Waals surface area contributed by atoms with Crippen molar-refractivity contribution in [1.82, 2.24) is 0 Å². The molecule has 0 unspecified atom stereocenters. The highest BCUT2D eigenvalue weighted by molar-refractivity contribution is 9.10. The lowest BCUT2D eigenvalue weighted by molar-refractivity contribution is 0.378. The maximum absolute atomic E-state index is 8.96. The van der Waals surface area contributed by atoms with Gasteiger partial charge < -0.3 is 9.47 Å². The van der Waals surface area contributed by atoms with Gasteiger partial charge in [-0.2, -0.15) is 5.26 Å². The number of hydrogen-bond donors (Lipinski definition) is 0. The fraction of sp³-hybridized carbons (Fsp3) is 0.133. The largest absolute Gasteiger partial charge is 0.493 e. The third-order valence-corrected chi connectivity index (χ3v) is 3.33. The number of aryl methyl sites for hydroxylation is 1. The van der Waals surface area contributed by atoms with Crippen LogP contribution in [0.1, 0.15) is 11.1 Å². The standard InChI is InChI=1S/C15H12BrNO2/c1-10-7-11(9-17)12(16)8-15(10)19-14-6-4-3-5-13(14)18-2/h3-8H,1-2H3. The van der Waals surface area contributed by atoms with Gasteiger partial charge in [-0.3, -0.25) is 0 Å². The van der Waals surface area contributed by atoms with Crippen LogP contribution < -0.4 is 9.47 Å². The van der Waals surface area contributed by atoms with Crippen molar-refractivity contribution in [2.75, 3.05) is 7.11 Å². The van der Waals surface area contributed by atoms with Crippen LogP contribution in [0.4, 0.5) is 0 Å². The molecular formula is C15H12BrNO2. The Morgan fingerprint density at radius 1 is 1.11 bits per heavy atom. The average Bonchev–Trinajstić information content (AvgIpc) is 2.43. The molecule has 19 heavy (non-hydrogen) atoms. The predicted octanol–water partition coefficient (Wildman–Crippen LogP) is 4.43. The van der Waals surface area contributed by atoms with Crippen molar-refractivity contribution in [2.24, 2.45) is 0 Å². The predicted molar refractivity (Wildman–Crippen MR) is 76.7 cm³/mol. The van der Waals surface area contributed by atoms with Gasteiger partial charge in [-0.05, 0) is 52.7 Å². The highest BCUT2D eigenvalue weighted by Crippen LogP contribution is 2.34. The Kier molecular flexibility index (Phi) is 4.08. The van der Waals surface area contributed by atoms with Crippen LogP contribution >= 0.6 is 15.9 Å². The molecule has 0 heterocycles. The summed E-state index contributed by atoms with van der Waals surface area (Å²) in [5.74, 6) is 2.00. The molecule has 0 spiro atoms. The number of para-hydroxylation sites is 2. The van der Waals surface area contributed by atoms with E-state index in [1.54, 1.807) is 19.2 Å². The summed E-state index contributed by atoms with van der Waals surface area (Å²) in [5.41, 5.74) is 1.48. The molecule has 2 aromatic rings.